The number of carboxylic acid groups (broad SMARTS) is 1. The molecule has 1 rings (SSSR count). The third kappa shape index (κ3) is 6.93. The van der Waals surface area contributed by atoms with E-state index in [4.69, 9.17) is 21.7 Å². The lowest BCUT2D eigenvalue weighted by Gasteiger charge is -2.28. The number of aliphatic carboxylic acids is 1. The molecule has 9 N–H and O–H groups in total. The first kappa shape index (κ1) is 25.3. The highest BCUT2D eigenvalue weighted by atomic mass is 16.4. The van der Waals surface area contributed by atoms with E-state index in [1.807, 2.05) is 0 Å². The molecule has 170 valence electrons. The lowest BCUT2D eigenvalue weighted by atomic mass is 10.1. The number of nitrogens with zero attached hydrogens (tertiary/aromatic N) is 1. The third-order valence-corrected chi connectivity index (χ3v) is 4.71. The van der Waals surface area contributed by atoms with Crippen LogP contribution in [0.25, 0.3) is 0 Å². The Kier molecular flexibility index (Phi) is 9.62. The van der Waals surface area contributed by atoms with E-state index in [2.05, 4.69) is 10.6 Å². The van der Waals surface area contributed by atoms with Gasteiger partial charge in [-0.2, -0.15) is 0 Å². The summed E-state index contributed by atoms with van der Waals surface area (Å²) in [5.41, 5.74) is 10.6. The van der Waals surface area contributed by atoms with Gasteiger partial charge in [0.15, 0.2) is 6.04 Å². The van der Waals surface area contributed by atoms with Crippen molar-refractivity contribution in [3.05, 3.63) is 0 Å². The van der Waals surface area contributed by atoms with Gasteiger partial charge < -0.3 is 42.3 Å². The Hall–Kier alpha value is -2.77. The molecule has 1 saturated heterocycles. The second-order valence-electron chi connectivity index (χ2n) is 7.11. The van der Waals surface area contributed by atoms with E-state index in [9.17, 15) is 29.1 Å². The van der Waals surface area contributed by atoms with E-state index in [1.54, 1.807) is 0 Å². The molecule has 4 amide bonds. The maximum absolute atomic E-state index is 12.7. The Bertz CT molecular complexity index is 671. The molecule has 30 heavy (non-hydrogen) atoms. The Labute approximate surface area is 172 Å². The second-order valence-corrected chi connectivity index (χ2v) is 7.11. The monoisotopic (exact) mass is 431 g/mol. The number of rotatable bonds is 11. The average molecular weight is 431 g/mol. The lowest BCUT2D eigenvalue weighted by Crippen LogP contribution is -2.58. The Morgan fingerprint density at radius 3 is 2.33 bits per heavy atom. The van der Waals surface area contributed by atoms with Gasteiger partial charge in [0.05, 0.1) is 12.7 Å². The van der Waals surface area contributed by atoms with Crippen LogP contribution in [0.2, 0.25) is 0 Å². The molecule has 0 aromatic rings. The fourth-order valence-electron chi connectivity index (χ4n) is 3.06. The van der Waals surface area contributed by atoms with Crippen LogP contribution >= 0.6 is 0 Å². The molecule has 1 aliphatic heterocycles. The number of nitrogens with one attached hydrogen (secondary N) is 2. The van der Waals surface area contributed by atoms with Gasteiger partial charge in [-0.3, -0.25) is 19.2 Å². The fraction of sp³-hybridized carbons (Fsp3) is 0.706. The predicted octanol–water partition coefficient (Wildman–Crippen LogP) is -4.00. The summed E-state index contributed by atoms with van der Waals surface area (Å²) in [6, 6.07) is -5.08. The molecule has 0 bridgehead atoms. The third-order valence-electron chi connectivity index (χ3n) is 4.71. The Morgan fingerprint density at radius 2 is 1.83 bits per heavy atom. The van der Waals surface area contributed by atoms with Crippen molar-refractivity contribution in [2.24, 2.45) is 11.5 Å². The van der Waals surface area contributed by atoms with Crippen molar-refractivity contribution >= 4 is 29.6 Å². The van der Waals surface area contributed by atoms with Crippen molar-refractivity contribution in [1.29, 1.82) is 0 Å². The Morgan fingerprint density at radius 1 is 1.20 bits per heavy atom. The summed E-state index contributed by atoms with van der Waals surface area (Å²) in [7, 11) is 0. The molecule has 5 unspecified atom stereocenters. The van der Waals surface area contributed by atoms with Crippen molar-refractivity contribution in [2.75, 3.05) is 13.2 Å². The minimum Gasteiger partial charge on any atom is -0.480 e. The van der Waals surface area contributed by atoms with Gasteiger partial charge in [0.2, 0.25) is 23.6 Å². The molecule has 0 radical (unpaired) electrons. The number of aliphatic hydroxyl groups is 2. The Balaban J connectivity index is 2.93. The zero-order valence-electron chi connectivity index (χ0n) is 16.6. The van der Waals surface area contributed by atoms with Crippen molar-refractivity contribution in [1.82, 2.24) is 15.5 Å². The molecule has 0 aromatic carbocycles. The summed E-state index contributed by atoms with van der Waals surface area (Å²) in [6.07, 6.45) is -1.10. The van der Waals surface area contributed by atoms with Crippen LogP contribution in [0.5, 0.6) is 0 Å². The van der Waals surface area contributed by atoms with Crippen LogP contribution in [0, 0.1) is 0 Å². The quantitative estimate of drug-likeness (QED) is 0.169. The SMILES string of the molecule is CC(O)C(NC(=O)C(CCC(N)=O)NC(=O)C1CCCN1C(=O)C(N)CO)C(=O)O. The molecule has 0 aliphatic carbocycles. The normalized spacial score (nSPS) is 20.0. The minimum absolute atomic E-state index is 0.212. The van der Waals surface area contributed by atoms with Crippen LogP contribution in [-0.4, -0.2) is 93.2 Å². The number of primary amides is 1. The summed E-state index contributed by atoms with van der Waals surface area (Å²) < 4.78 is 0. The fourth-order valence-corrected chi connectivity index (χ4v) is 3.06. The first-order chi connectivity index (χ1) is 14.0. The molecular formula is C17H29N5O8. The maximum atomic E-state index is 12.7. The topological polar surface area (TPSA) is 225 Å². The average Bonchev–Trinajstić information content (AvgIpc) is 3.16. The van der Waals surface area contributed by atoms with Crippen LogP contribution in [0.3, 0.4) is 0 Å². The number of aliphatic hydroxyl groups excluding tert-OH is 2. The van der Waals surface area contributed by atoms with E-state index in [0.29, 0.717) is 12.8 Å². The largest absolute Gasteiger partial charge is 0.480 e. The zero-order chi connectivity index (χ0) is 23.0. The molecule has 5 atom stereocenters. The lowest BCUT2D eigenvalue weighted by molar-refractivity contribution is -0.145. The number of carbonyl (C=O) groups excluding carboxylic acids is 4. The standard InChI is InChI=1S/C17H29N5O8/c1-8(24)13(17(29)30)21-14(26)10(4-5-12(19)25)20-15(27)11-3-2-6-22(11)16(28)9(18)7-23/h8-11,13,23-24H,2-7,18H2,1H3,(H2,19,25)(H,20,27)(H,21,26)(H,29,30). The maximum Gasteiger partial charge on any atom is 0.328 e. The number of hydrogen-bond acceptors (Lipinski definition) is 8. The van der Waals surface area contributed by atoms with E-state index in [-0.39, 0.29) is 19.4 Å². The summed E-state index contributed by atoms with van der Waals surface area (Å²) in [6.45, 7) is 0.817. The molecular weight excluding hydrogens is 402 g/mol. The molecule has 1 heterocycles. The highest BCUT2D eigenvalue weighted by molar-refractivity contribution is 5.94. The van der Waals surface area contributed by atoms with Crippen LogP contribution in [-0.2, 0) is 24.0 Å². The molecule has 1 fully saturated rings. The number of likely N-dealkylation sites (tertiary alicyclic amines) is 1. The van der Waals surface area contributed by atoms with E-state index in [0.717, 1.165) is 0 Å². The predicted molar refractivity (Wildman–Crippen MR) is 101 cm³/mol. The molecule has 13 heteroatoms. The van der Waals surface area contributed by atoms with Crippen molar-refractivity contribution < 1.29 is 39.3 Å². The van der Waals surface area contributed by atoms with Crippen LogP contribution in [0.1, 0.15) is 32.6 Å². The summed E-state index contributed by atoms with van der Waals surface area (Å²) in [5, 5.41) is 32.2. The highest BCUT2D eigenvalue weighted by Gasteiger charge is 2.38. The van der Waals surface area contributed by atoms with Gasteiger partial charge in [0, 0.05) is 13.0 Å². The van der Waals surface area contributed by atoms with Gasteiger partial charge in [-0.1, -0.05) is 0 Å². The number of amides is 4. The zero-order valence-corrected chi connectivity index (χ0v) is 16.6. The molecule has 0 spiro atoms. The van der Waals surface area contributed by atoms with Crippen LogP contribution in [0.15, 0.2) is 0 Å². The number of carbonyl (C=O) groups is 5. The second kappa shape index (κ2) is 11.4. The van der Waals surface area contributed by atoms with Gasteiger partial charge >= 0.3 is 5.97 Å². The van der Waals surface area contributed by atoms with Crippen LogP contribution in [0.4, 0.5) is 0 Å². The molecule has 0 saturated carbocycles. The summed E-state index contributed by atoms with van der Waals surface area (Å²) in [5.74, 6) is -4.46. The van der Waals surface area contributed by atoms with Gasteiger partial charge in [-0.15, -0.1) is 0 Å². The van der Waals surface area contributed by atoms with E-state index in [1.165, 1.54) is 11.8 Å². The molecule has 13 nitrogen and oxygen atoms in total. The number of carboxylic acids is 1. The molecule has 0 aromatic heterocycles. The molecule has 1 aliphatic rings. The van der Waals surface area contributed by atoms with E-state index < -0.39 is 66.5 Å². The van der Waals surface area contributed by atoms with Crippen molar-refractivity contribution in [3.8, 4) is 0 Å². The van der Waals surface area contributed by atoms with Gasteiger partial charge in [0.1, 0.15) is 18.1 Å². The summed E-state index contributed by atoms with van der Waals surface area (Å²) in [4.78, 5) is 61.0. The minimum atomic E-state index is -1.63. The van der Waals surface area contributed by atoms with Crippen molar-refractivity contribution in [3.63, 3.8) is 0 Å². The first-order valence-electron chi connectivity index (χ1n) is 9.46. The number of hydrogen-bond donors (Lipinski definition) is 7. The summed E-state index contributed by atoms with van der Waals surface area (Å²) >= 11 is 0. The van der Waals surface area contributed by atoms with Gasteiger partial charge in [-0.25, -0.2) is 4.79 Å². The van der Waals surface area contributed by atoms with Gasteiger partial charge in [-0.05, 0) is 26.2 Å². The smallest absolute Gasteiger partial charge is 0.328 e. The van der Waals surface area contributed by atoms with Crippen LogP contribution < -0.4 is 22.1 Å². The van der Waals surface area contributed by atoms with Crippen molar-refractivity contribution in [2.45, 2.75) is 62.9 Å². The highest BCUT2D eigenvalue weighted by Crippen LogP contribution is 2.19. The first-order valence-corrected chi connectivity index (χ1v) is 9.46. The van der Waals surface area contributed by atoms with Gasteiger partial charge in [0.25, 0.3) is 0 Å². The number of nitrogens with two attached hydrogens (primary N) is 2. The van der Waals surface area contributed by atoms with E-state index >= 15 is 0 Å².